The van der Waals surface area contributed by atoms with E-state index in [1.807, 2.05) is 30.3 Å². The second-order valence-electron chi connectivity index (χ2n) is 5.92. The SMILES string of the molecule is FC(F)(F)c1nc(SCc2nc(Cc3ccccc3)no2)c2ccccc2n1. The molecule has 0 aliphatic rings. The van der Waals surface area contributed by atoms with Crippen LogP contribution in [0.4, 0.5) is 13.2 Å². The standard InChI is InChI=1S/C19H13F3N4OS/c20-19(21,22)18-23-14-9-5-4-8-13(14)17(25-18)28-11-16-24-15(26-27-16)10-12-6-2-1-3-7-12/h1-9H,10-11H2. The van der Waals surface area contributed by atoms with Crippen molar-refractivity contribution in [3.8, 4) is 0 Å². The Balaban J connectivity index is 1.54. The third-order valence-corrected chi connectivity index (χ3v) is 4.85. The maximum Gasteiger partial charge on any atom is 0.451 e. The van der Waals surface area contributed by atoms with Crippen LogP contribution in [0, 0.1) is 0 Å². The van der Waals surface area contributed by atoms with Crippen molar-refractivity contribution < 1.29 is 17.7 Å². The van der Waals surface area contributed by atoms with Crippen molar-refractivity contribution >= 4 is 22.7 Å². The maximum absolute atomic E-state index is 13.1. The molecule has 0 bridgehead atoms. The fourth-order valence-corrected chi connectivity index (χ4v) is 3.47. The average molecular weight is 402 g/mol. The van der Waals surface area contributed by atoms with Crippen molar-refractivity contribution in [1.82, 2.24) is 20.1 Å². The van der Waals surface area contributed by atoms with Gasteiger partial charge >= 0.3 is 6.18 Å². The first kappa shape index (κ1) is 18.4. The van der Waals surface area contributed by atoms with Crippen molar-refractivity contribution in [2.24, 2.45) is 0 Å². The van der Waals surface area contributed by atoms with Crippen LogP contribution in [0.25, 0.3) is 10.9 Å². The van der Waals surface area contributed by atoms with Crippen LogP contribution in [0.15, 0.2) is 64.1 Å². The van der Waals surface area contributed by atoms with Gasteiger partial charge in [-0.1, -0.05) is 65.4 Å². The third-order valence-electron chi connectivity index (χ3n) is 3.87. The first-order valence-electron chi connectivity index (χ1n) is 8.31. The number of hydrogen-bond acceptors (Lipinski definition) is 6. The lowest BCUT2D eigenvalue weighted by molar-refractivity contribution is -0.145. The molecule has 0 fully saturated rings. The minimum atomic E-state index is -4.62. The minimum absolute atomic E-state index is 0.208. The number of hydrogen-bond donors (Lipinski definition) is 0. The Morgan fingerprint density at radius 3 is 2.43 bits per heavy atom. The van der Waals surface area contributed by atoms with E-state index >= 15 is 0 Å². The number of aromatic nitrogens is 4. The topological polar surface area (TPSA) is 64.7 Å². The molecule has 0 radical (unpaired) electrons. The molecule has 2 aromatic carbocycles. The molecule has 0 atom stereocenters. The van der Waals surface area contributed by atoms with Gasteiger partial charge in [-0.3, -0.25) is 0 Å². The molecule has 0 amide bonds. The summed E-state index contributed by atoms with van der Waals surface area (Å²) >= 11 is 1.11. The predicted octanol–water partition coefficient (Wildman–Crippen LogP) is 4.91. The summed E-state index contributed by atoms with van der Waals surface area (Å²) in [6, 6.07) is 16.3. The van der Waals surface area contributed by atoms with Gasteiger partial charge in [0, 0.05) is 11.8 Å². The molecule has 0 N–H and O–H groups in total. The van der Waals surface area contributed by atoms with Crippen LogP contribution in [-0.2, 0) is 18.3 Å². The van der Waals surface area contributed by atoms with E-state index in [9.17, 15) is 13.2 Å². The van der Waals surface area contributed by atoms with Gasteiger partial charge in [0.2, 0.25) is 11.7 Å². The molecular weight excluding hydrogens is 389 g/mol. The van der Waals surface area contributed by atoms with E-state index in [1.54, 1.807) is 18.2 Å². The van der Waals surface area contributed by atoms with E-state index in [-0.39, 0.29) is 16.3 Å². The Labute approximate surface area is 162 Å². The molecule has 142 valence electrons. The van der Waals surface area contributed by atoms with Crippen molar-refractivity contribution in [2.75, 3.05) is 0 Å². The van der Waals surface area contributed by atoms with Crippen LogP contribution >= 0.6 is 11.8 Å². The molecule has 0 aliphatic carbocycles. The number of rotatable bonds is 5. The van der Waals surface area contributed by atoms with E-state index in [1.165, 1.54) is 6.07 Å². The molecule has 4 aromatic rings. The third kappa shape index (κ3) is 4.14. The van der Waals surface area contributed by atoms with Gasteiger partial charge in [-0.15, -0.1) is 0 Å². The average Bonchev–Trinajstić information content (AvgIpc) is 3.13. The smallest absolute Gasteiger partial charge is 0.338 e. The molecule has 0 unspecified atom stereocenters. The fraction of sp³-hybridized carbons (Fsp3) is 0.158. The number of fused-ring (bicyclic) bond motifs is 1. The van der Waals surface area contributed by atoms with Gasteiger partial charge in [0.05, 0.1) is 11.3 Å². The molecule has 0 saturated carbocycles. The predicted molar refractivity (Wildman–Crippen MR) is 97.6 cm³/mol. The van der Waals surface area contributed by atoms with E-state index in [0.717, 1.165) is 17.3 Å². The first-order valence-corrected chi connectivity index (χ1v) is 9.30. The summed E-state index contributed by atoms with van der Waals surface area (Å²) in [6.45, 7) is 0. The molecule has 2 aromatic heterocycles. The quantitative estimate of drug-likeness (QED) is 0.349. The molecule has 2 heterocycles. The second kappa shape index (κ2) is 7.59. The summed E-state index contributed by atoms with van der Waals surface area (Å²) in [6.07, 6.45) is -4.10. The van der Waals surface area contributed by atoms with Gasteiger partial charge in [0.15, 0.2) is 5.82 Å². The lowest BCUT2D eigenvalue weighted by Crippen LogP contribution is -2.11. The van der Waals surface area contributed by atoms with Crippen molar-refractivity contribution in [2.45, 2.75) is 23.4 Å². The summed E-state index contributed by atoms with van der Waals surface area (Å²) in [5.41, 5.74) is 1.28. The number of thioether (sulfide) groups is 1. The highest BCUT2D eigenvalue weighted by atomic mass is 32.2. The van der Waals surface area contributed by atoms with E-state index < -0.39 is 12.0 Å². The van der Waals surface area contributed by atoms with Crippen LogP contribution in [0.3, 0.4) is 0 Å². The lowest BCUT2D eigenvalue weighted by Gasteiger charge is -2.09. The summed E-state index contributed by atoms with van der Waals surface area (Å²) in [5, 5.41) is 4.70. The summed E-state index contributed by atoms with van der Waals surface area (Å²) in [7, 11) is 0. The van der Waals surface area contributed by atoms with Gasteiger partial charge in [-0.25, -0.2) is 9.97 Å². The van der Waals surface area contributed by atoms with Gasteiger partial charge in [-0.05, 0) is 11.6 Å². The van der Waals surface area contributed by atoms with Crippen LogP contribution in [0.1, 0.15) is 23.1 Å². The van der Waals surface area contributed by atoms with Crippen molar-refractivity contribution in [3.05, 3.63) is 77.7 Å². The van der Waals surface area contributed by atoms with Crippen LogP contribution in [0.2, 0.25) is 0 Å². The molecular formula is C19H13F3N4OS. The minimum Gasteiger partial charge on any atom is -0.338 e. The zero-order chi connectivity index (χ0) is 19.6. The summed E-state index contributed by atoms with van der Waals surface area (Å²) in [5.74, 6) is -0.110. The maximum atomic E-state index is 13.1. The molecule has 28 heavy (non-hydrogen) atoms. The Morgan fingerprint density at radius 1 is 0.893 bits per heavy atom. The first-order chi connectivity index (χ1) is 13.5. The van der Waals surface area contributed by atoms with Crippen molar-refractivity contribution in [1.29, 1.82) is 0 Å². The van der Waals surface area contributed by atoms with Crippen LogP contribution < -0.4 is 0 Å². The number of benzene rings is 2. The summed E-state index contributed by atoms with van der Waals surface area (Å²) in [4.78, 5) is 11.6. The van der Waals surface area contributed by atoms with Gasteiger partial charge in [0.1, 0.15) is 5.03 Å². The van der Waals surface area contributed by atoms with Gasteiger partial charge in [0.25, 0.3) is 0 Å². The van der Waals surface area contributed by atoms with E-state index in [4.69, 9.17) is 4.52 Å². The number of nitrogens with zero attached hydrogens (tertiary/aromatic N) is 4. The number of alkyl halides is 3. The zero-order valence-electron chi connectivity index (χ0n) is 14.3. The van der Waals surface area contributed by atoms with Gasteiger partial charge in [-0.2, -0.15) is 18.2 Å². The Kier molecular flexibility index (Phi) is 4.99. The highest BCUT2D eigenvalue weighted by Gasteiger charge is 2.35. The normalized spacial score (nSPS) is 11.8. The highest BCUT2D eigenvalue weighted by molar-refractivity contribution is 7.98. The second-order valence-corrected chi connectivity index (χ2v) is 6.89. The van der Waals surface area contributed by atoms with Crippen molar-refractivity contribution in [3.63, 3.8) is 0 Å². The Hall–Kier alpha value is -2.94. The number of halogens is 3. The summed E-state index contributed by atoms with van der Waals surface area (Å²) < 4.78 is 44.5. The van der Waals surface area contributed by atoms with Gasteiger partial charge < -0.3 is 4.52 Å². The molecule has 0 saturated heterocycles. The lowest BCUT2D eigenvalue weighted by atomic mass is 10.1. The van der Waals surface area contributed by atoms with E-state index in [0.29, 0.717) is 23.5 Å². The van der Waals surface area contributed by atoms with Crippen LogP contribution in [0.5, 0.6) is 0 Å². The van der Waals surface area contributed by atoms with Crippen LogP contribution in [-0.4, -0.2) is 20.1 Å². The largest absolute Gasteiger partial charge is 0.451 e. The monoisotopic (exact) mass is 402 g/mol. The Bertz CT molecular complexity index is 1100. The molecule has 0 aliphatic heterocycles. The zero-order valence-corrected chi connectivity index (χ0v) is 15.2. The molecule has 0 spiro atoms. The van der Waals surface area contributed by atoms with E-state index in [2.05, 4.69) is 20.1 Å². The highest BCUT2D eigenvalue weighted by Crippen LogP contribution is 2.33. The Morgan fingerprint density at radius 2 is 1.64 bits per heavy atom. The fourth-order valence-electron chi connectivity index (χ4n) is 2.61. The molecule has 9 heteroatoms. The molecule has 4 rings (SSSR count). The molecule has 5 nitrogen and oxygen atoms in total. The number of para-hydroxylation sites is 1.